The molecule has 18 heavy (non-hydrogen) atoms. The van der Waals surface area contributed by atoms with Crippen molar-refractivity contribution in [2.75, 3.05) is 6.61 Å². The monoisotopic (exact) mass is 331 g/mol. The maximum Gasteiger partial charge on any atom is 0.250 e. The van der Waals surface area contributed by atoms with Crippen molar-refractivity contribution in [3.05, 3.63) is 33.2 Å². The Balaban J connectivity index is 2.62. The zero-order valence-corrected chi connectivity index (χ0v) is 14.4. The summed E-state index contributed by atoms with van der Waals surface area (Å²) in [6.45, 7) is 12.3. The standard InChI is InChI=1S/C13H22BrNO2Si/c1-13(2,3)18(4,5)17-9-8-15-10-11(14)6-7-12(15)16/h6-7,10H,8-9H2,1-5H3. The predicted octanol–water partition coefficient (Wildman–Crippen LogP) is 3.63. The van der Waals surface area contributed by atoms with Crippen LogP contribution in [0.5, 0.6) is 0 Å². The van der Waals surface area contributed by atoms with Gasteiger partial charge in [-0.25, -0.2) is 0 Å². The molecule has 0 spiro atoms. The van der Waals surface area contributed by atoms with Crippen LogP contribution >= 0.6 is 15.9 Å². The SMILES string of the molecule is CC(C)(C)[Si](C)(C)OCCn1cc(Br)ccc1=O. The van der Waals surface area contributed by atoms with E-state index in [-0.39, 0.29) is 10.6 Å². The van der Waals surface area contributed by atoms with Crippen molar-refractivity contribution >= 4 is 24.2 Å². The molecule has 102 valence electrons. The quantitative estimate of drug-likeness (QED) is 0.789. The summed E-state index contributed by atoms with van der Waals surface area (Å²) in [4.78, 5) is 11.6. The van der Waals surface area contributed by atoms with Gasteiger partial charge in [0.1, 0.15) is 0 Å². The van der Waals surface area contributed by atoms with Crippen molar-refractivity contribution in [2.45, 2.75) is 45.4 Å². The van der Waals surface area contributed by atoms with Gasteiger partial charge in [0.05, 0.1) is 6.61 Å². The first-order valence-corrected chi connectivity index (χ1v) is 9.83. The smallest absolute Gasteiger partial charge is 0.250 e. The van der Waals surface area contributed by atoms with Crippen molar-refractivity contribution in [1.29, 1.82) is 0 Å². The summed E-state index contributed by atoms with van der Waals surface area (Å²) in [7, 11) is -1.72. The lowest BCUT2D eigenvalue weighted by Crippen LogP contribution is -2.41. The van der Waals surface area contributed by atoms with Gasteiger partial charge < -0.3 is 8.99 Å². The van der Waals surface area contributed by atoms with Crippen LogP contribution in [0, 0.1) is 0 Å². The molecule has 0 aliphatic carbocycles. The van der Waals surface area contributed by atoms with E-state index in [1.54, 1.807) is 22.9 Å². The molecule has 0 aliphatic rings. The molecule has 0 fully saturated rings. The van der Waals surface area contributed by atoms with Crippen molar-refractivity contribution < 1.29 is 4.43 Å². The molecule has 1 aromatic heterocycles. The average Bonchev–Trinajstić information content (AvgIpc) is 2.21. The summed E-state index contributed by atoms with van der Waals surface area (Å²) in [5.41, 5.74) is 0.0111. The number of rotatable bonds is 4. The highest BCUT2D eigenvalue weighted by Crippen LogP contribution is 2.36. The third-order valence-electron chi connectivity index (χ3n) is 3.55. The molecule has 5 heteroatoms. The highest BCUT2D eigenvalue weighted by atomic mass is 79.9. The van der Waals surface area contributed by atoms with Gasteiger partial charge in [-0.1, -0.05) is 20.8 Å². The van der Waals surface area contributed by atoms with E-state index in [0.29, 0.717) is 13.2 Å². The first kappa shape index (κ1) is 15.7. The molecular weight excluding hydrogens is 310 g/mol. The molecule has 0 atom stereocenters. The van der Waals surface area contributed by atoms with Gasteiger partial charge in [-0.3, -0.25) is 4.79 Å². The summed E-state index contributed by atoms with van der Waals surface area (Å²) < 4.78 is 8.65. The Bertz CT molecular complexity index is 463. The fraction of sp³-hybridized carbons (Fsp3) is 0.615. The Morgan fingerprint density at radius 1 is 1.33 bits per heavy atom. The third-order valence-corrected chi connectivity index (χ3v) is 8.56. The lowest BCUT2D eigenvalue weighted by atomic mass is 10.2. The molecule has 0 saturated carbocycles. The van der Waals surface area contributed by atoms with Gasteiger partial charge >= 0.3 is 0 Å². The molecule has 0 bridgehead atoms. The summed E-state index contributed by atoms with van der Waals surface area (Å²) in [5, 5.41) is 0.204. The molecule has 0 unspecified atom stereocenters. The van der Waals surface area contributed by atoms with E-state index in [1.807, 2.05) is 0 Å². The van der Waals surface area contributed by atoms with E-state index in [2.05, 4.69) is 49.8 Å². The third kappa shape index (κ3) is 4.07. The van der Waals surface area contributed by atoms with Gasteiger partial charge in [0.2, 0.25) is 0 Å². The van der Waals surface area contributed by atoms with Gasteiger partial charge in [0.15, 0.2) is 8.32 Å². The first-order chi connectivity index (χ1) is 8.13. The van der Waals surface area contributed by atoms with Crippen molar-refractivity contribution in [3.8, 4) is 0 Å². The second-order valence-corrected chi connectivity index (χ2v) is 11.7. The van der Waals surface area contributed by atoms with Gasteiger partial charge in [0, 0.05) is 23.3 Å². The topological polar surface area (TPSA) is 31.2 Å². The van der Waals surface area contributed by atoms with Crippen LogP contribution in [0.25, 0.3) is 0 Å². The normalized spacial score (nSPS) is 12.8. The van der Waals surface area contributed by atoms with Crippen molar-refractivity contribution in [1.82, 2.24) is 4.57 Å². The molecule has 0 aromatic carbocycles. The number of hydrogen-bond donors (Lipinski definition) is 0. The molecule has 1 heterocycles. The highest BCUT2D eigenvalue weighted by molar-refractivity contribution is 9.10. The van der Waals surface area contributed by atoms with Crippen LogP contribution in [0.1, 0.15) is 20.8 Å². The molecule has 0 radical (unpaired) electrons. The van der Waals surface area contributed by atoms with Crippen LogP contribution in [0.3, 0.4) is 0 Å². The Morgan fingerprint density at radius 3 is 2.50 bits per heavy atom. The van der Waals surface area contributed by atoms with E-state index in [1.165, 1.54) is 0 Å². The Hall–Kier alpha value is -0.393. The van der Waals surface area contributed by atoms with Crippen LogP contribution in [-0.2, 0) is 11.0 Å². The van der Waals surface area contributed by atoms with Gasteiger partial charge in [-0.05, 0) is 40.1 Å². The summed E-state index contributed by atoms with van der Waals surface area (Å²) in [6, 6.07) is 3.32. The van der Waals surface area contributed by atoms with Crippen LogP contribution in [0.2, 0.25) is 18.1 Å². The molecule has 1 aromatic rings. The second-order valence-electron chi connectivity index (χ2n) is 5.99. The molecule has 0 N–H and O–H groups in total. The van der Waals surface area contributed by atoms with E-state index in [4.69, 9.17) is 4.43 Å². The van der Waals surface area contributed by atoms with E-state index in [0.717, 1.165) is 4.47 Å². The number of pyridine rings is 1. The molecule has 0 amide bonds. The van der Waals surface area contributed by atoms with Crippen LogP contribution in [0.15, 0.2) is 27.6 Å². The minimum Gasteiger partial charge on any atom is -0.415 e. The lowest BCUT2D eigenvalue weighted by molar-refractivity contribution is 0.270. The molecule has 1 rings (SSSR count). The fourth-order valence-corrected chi connectivity index (χ4v) is 2.71. The summed E-state index contributed by atoms with van der Waals surface area (Å²) in [5.74, 6) is 0. The molecule has 0 aliphatic heterocycles. The number of hydrogen-bond acceptors (Lipinski definition) is 2. The Labute approximate surface area is 118 Å². The first-order valence-electron chi connectivity index (χ1n) is 6.13. The minimum absolute atomic E-state index is 0.0111. The average molecular weight is 332 g/mol. The number of halogens is 1. The van der Waals surface area contributed by atoms with E-state index < -0.39 is 8.32 Å². The maximum atomic E-state index is 11.6. The summed E-state index contributed by atoms with van der Waals surface area (Å²) >= 11 is 3.37. The zero-order valence-electron chi connectivity index (χ0n) is 11.8. The number of aromatic nitrogens is 1. The molecule has 0 saturated heterocycles. The minimum atomic E-state index is -1.72. The summed E-state index contributed by atoms with van der Waals surface area (Å²) in [6.07, 6.45) is 1.80. The Morgan fingerprint density at radius 2 is 1.94 bits per heavy atom. The predicted molar refractivity (Wildman–Crippen MR) is 81.6 cm³/mol. The zero-order chi connectivity index (χ0) is 14.0. The fourth-order valence-electron chi connectivity index (χ4n) is 1.29. The largest absolute Gasteiger partial charge is 0.415 e. The highest BCUT2D eigenvalue weighted by Gasteiger charge is 2.36. The van der Waals surface area contributed by atoms with E-state index in [9.17, 15) is 4.79 Å². The van der Waals surface area contributed by atoms with Crippen LogP contribution in [-0.4, -0.2) is 19.5 Å². The van der Waals surface area contributed by atoms with Crippen molar-refractivity contribution in [2.24, 2.45) is 0 Å². The van der Waals surface area contributed by atoms with E-state index >= 15 is 0 Å². The Kier molecular flexibility index (Phi) is 4.97. The van der Waals surface area contributed by atoms with Gasteiger partial charge in [-0.2, -0.15) is 0 Å². The molecular formula is C13H22BrNO2Si. The maximum absolute atomic E-state index is 11.6. The van der Waals surface area contributed by atoms with Crippen LogP contribution in [0.4, 0.5) is 0 Å². The lowest BCUT2D eigenvalue weighted by Gasteiger charge is -2.36. The van der Waals surface area contributed by atoms with Crippen molar-refractivity contribution in [3.63, 3.8) is 0 Å². The number of nitrogens with zero attached hydrogens (tertiary/aromatic N) is 1. The van der Waals surface area contributed by atoms with Gasteiger partial charge in [0.25, 0.3) is 5.56 Å². The molecule has 3 nitrogen and oxygen atoms in total. The van der Waals surface area contributed by atoms with Crippen LogP contribution < -0.4 is 5.56 Å². The second kappa shape index (κ2) is 5.71. The van der Waals surface area contributed by atoms with Gasteiger partial charge in [-0.15, -0.1) is 0 Å².